The minimum absolute atomic E-state index is 0.0663. The van der Waals surface area contributed by atoms with Crippen LogP contribution in [0.1, 0.15) is 0 Å². The fourth-order valence-corrected chi connectivity index (χ4v) is 1.95. The Morgan fingerprint density at radius 3 is 2.53 bits per heavy atom. The summed E-state index contributed by atoms with van der Waals surface area (Å²) in [5.41, 5.74) is 5.52. The standard InChI is InChI=1S/C10H8N4O2S/c11-10-12-6-5-9(13-10)17-8-3-1-7(2-4-8)14(15)16/h1-6H,(H2,11,12,13). The zero-order chi connectivity index (χ0) is 12.3. The van der Waals surface area contributed by atoms with Crippen molar-refractivity contribution in [3.05, 3.63) is 46.6 Å². The van der Waals surface area contributed by atoms with Gasteiger partial charge >= 0.3 is 0 Å². The van der Waals surface area contributed by atoms with Crippen LogP contribution < -0.4 is 5.73 Å². The molecule has 0 aliphatic carbocycles. The van der Waals surface area contributed by atoms with Gasteiger partial charge in [-0.05, 0) is 18.2 Å². The van der Waals surface area contributed by atoms with Crippen molar-refractivity contribution in [2.24, 2.45) is 0 Å². The number of hydrogen-bond acceptors (Lipinski definition) is 6. The molecular weight excluding hydrogens is 240 g/mol. The number of nitro groups is 1. The summed E-state index contributed by atoms with van der Waals surface area (Å²) < 4.78 is 0. The lowest BCUT2D eigenvalue weighted by Crippen LogP contribution is -1.94. The Hall–Kier alpha value is -2.15. The summed E-state index contributed by atoms with van der Waals surface area (Å²) in [5.74, 6) is 0.205. The molecule has 86 valence electrons. The molecule has 0 saturated heterocycles. The van der Waals surface area contributed by atoms with Crippen molar-refractivity contribution in [2.75, 3.05) is 5.73 Å². The molecule has 0 radical (unpaired) electrons. The van der Waals surface area contributed by atoms with Gasteiger partial charge in [0.15, 0.2) is 0 Å². The van der Waals surface area contributed by atoms with Crippen LogP contribution >= 0.6 is 11.8 Å². The Kier molecular flexibility index (Phi) is 3.20. The summed E-state index contributed by atoms with van der Waals surface area (Å²) in [7, 11) is 0. The van der Waals surface area contributed by atoms with E-state index in [1.54, 1.807) is 24.4 Å². The maximum atomic E-state index is 10.5. The Morgan fingerprint density at radius 1 is 1.24 bits per heavy atom. The van der Waals surface area contributed by atoms with Crippen LogP contribution in [0.15, 0.2) is 46.5 Å². The predicted molar refractivity (Wildman–Crippen MR) is 63.7 cm³/mol. The highest BCUT2D eigenvalue weighted by molar-refractivity contribution is 7.99. The lowest BCUT2D eigenvalue weighted by Gasteiger charge is -2.00. The van der Waals surface area contributed by atoms with Crippen LogP contribution in [0, 0.1) is 10.1 Å². The Balaban J connectivity index is 2.16. The first-order valence-electron chi connectivity index (χ1n) is 4.66. The fraction of sp³-hybridized carbons (Fsp3) is 0. The minimum atomic E-state index is -0.433. The molecule has 0 atom stereocenters. The topological polar surface area (TPSA) is 94.9 Å². The van der Waals surface area contributed by atoms with Gasteiger partial charge in [0.25, 0.3) is 5.69 Å². The Bertz CT molecular complexity index is 544. The van der Waals surface area contributed by atoms with Crippen molar-refractivity contribution in [3.63, 3.8) is 0 Å². The number of nitrogen functional groups attached to an aromatic ring is 1. The number of nitrogens with two attached hydrogens (primary N) is 1. The summed E-state index contributed by atoms with van der Waals surface area (Å²) >= 11 is 1.37. The second-order valence-electron chi connectivity index (χ2n) is 3.11. The predicted octanol–water partition coefficient (Wildman–Crippen LogP) is 2.12. The quantitative estimate of drug-likeness (QED) is 0.508. The van der Waals surface area contributed by atoms with Crippen LogP contribution in [0.3, 0.4) is 0 Å². The smallest absolute Gasteiger partial charge is 0.269 e. The van der Waals surface area contributed by atoms with Crippen LogP contribution in [0.25, 0.3) is 0 Å². The largest absolute Gasteiger partial charge is 0.368 e. The fourth-order valence-electron chi connectivity index (χ4n) is 1.17. The van der Waals surface area contributed by atoms with Gasteiger partial charge in [0.1, 0.15) is 5.03 Å². The molecule has 2 N–H and O–H groups in total. The van der Waals surface area contributed by atoms with E-state index in [1.807, 2.05) is 0 Å². The maximum absolute atomic E-state index is 10.5. The number of hydrogen-bond donors (Lipinski definition) is 1. The van der Waals surface area contributed by atoms with Crippen LogP contribution in [-0.2, 0) is 0 Å². The lowest BCUT2D eigenvalue weighted by molar-refractivity contribution is -0.384. The summed E-state index contributed by atoms with van der Waals surface area (Å²) in [6.07, 6.45) is 1.57. The minimum Gasteiger partial charge on any atom is -0.368 e. The van der Waals surface area contributed by atoms with Crippen molar-refractivity contribution in [3.8, 4) is 0 Å². The summed E-state index contributed by atoms with van der Waals surface area (Å²) in [6.45, 7) is 0. The molecule has 2 rings (SSSR count). The number of nitro benzene ring substituents is 1. The van der Waals surface area contributed by atoms with Gasteiger partial charge in [-0.3, -0.25) is 10.1 Å². The van der Waals surface area contributed by atoms with Crippen molar-refractivity contribution in [2.45, 2.75) is 9.92 Å². The molecule has 1 aromatic heterocycles. The van der Waals surface area contributed by atoms with E-state index in [0.717, 1.165) is 4.90 Å². The van der Waals surface area contributed by atoms with Crippen LogP contribution in [0.2, 0.25) is 0 Å². The van der Waals surface area contributed by atoms with Gasteiger partial charge in [0.2, 0.25) is 5.95 Å². The average Bonchev–Trinajstić information content (AvgIpc) is 2.29. The van der Waals surface area contributed by atoms with Crippen molar-refractivity contribution >= 4 is 23.4 Å². The summed E-state index contributed by atoms with van der Waals surface area (Å²) in [5, 5.41) is 11.2. The molecule has 6 nitrogen and oxygen atoms in total. The first-order chi connectivity index (χ1) is 8.15. The zero-order valence-electron chi connectivity index (χ0n) is 8.61. The molecule has 17 heavy (non-hydrogen) atoms. The number of nitrogens with zero attached hydrogens (tertiary/aromatic N) is 3. The van der Waals surface area contributed by atoms with E-state index < -0.39 is 4.92 Å². The second kappa shape index (κ2) is 4.79. The van der Waals surface area contributed by atoms with E-state index >= 15 is 0 Å². The number of anilines is 1. The lowest BCUT2D eigenvalue weighted by atomic mass is 10.3. The molecule has 7 heteroatoms. The average molecular weight is 248 g/mol. The van der Waals surface area contributed by atoms with Crippen molar-refractivity contribution in [1.82, 2.24) is 9.97 Å². The first kappa shape index (κ1) is 11.3. The number of non-ortho nitro benzene ring substituents is 1. The zero-order valence-corrected chi connectivity index (χ0v) is 9.42. The second-order valence-corrected chi connectivity index (χ2v) is 4.20. The highest BCUT2D eigenvalue weighted by atomic mass is 32.2. The summed E-state index contributed by atoms with van der Waals surface area (Å²) in [4.78, 5) is 18.7. The molecule has 1 heterocycles. The van der Waals surface area contributed by atoms with Crippen LogP contribution in [0.5, 0.6) is 0 Å². The number of benzene rings is 1. The van der Waals surface area contributed by atoms with Crippen molar-refractivity contribution in [1.29, 1.82) is 0 Å². The third-order valence-corrected chi connectivity index (χ3v) is 2.86. The van der Waals surface area contributed by atoms with E-state index in [2.05, 4.69) is 9.97 Å². The molecule has 0 saturated carbocycles. The SMILES string of the molecule is Nc1nccc(Sc2ccc([N+](=O)[O-])cc2)n1. The monoisotopic (exact) mass is 248 g/mol. The van der Waals surface area contributed by atoms with Crippen LogP contribution in [0.4, 0.5) is 11.6 Å². The van der Waals surface area contributed by atoms with Crippen LogP contribution in [-0.4, -0.2) is 14.9 Å². The first-order valence-corrected chi connectivity index (χ1v) is 5.47. The van der Waals surface area contributed by atoms with Gasteiger partial charge in [0.05, 0.1) is 4.92 Å². The molecular formula is C10H8N4O2S. The van der Waals surface area contributed by atoms with E-state index in [4.69, 9.17) is 5.73 Å². The molecule has 0 bridgehead atoms. The third kappa shape index (κ3) is 2.91. The molecule has 0 spiro atoms. The van der Waals surface area contributed by atoms with E-state index in [9.17, 15) is 10.1 Å². The number of aromatic nitrogens is 2. The van der Waals surface area contributed by atoms with Gasteiger partial charge in [-0.25, -0.2) is 9.97 Å². The molecule has 0 amide bonds. The molecule has 0 aliphatic rings. The van der Waals surface area contributed by atoms with Gasteiger partial charge in [-0.15, -0.1) is 0 Å². The molecule has 2 aromatic rings. The van der Waals surface area contributed by atoms with Gasteiger partial charge < -0.3 is 5.73 Å². The van der Waals surface area contributed by atoms with E-state index in [1.165, 1.54) is 23.9 Å². The van der Waals surface area contributed by atoms with E-state index in [-0.39, 0.29) is 11.6 Å². The van der Waals surface area contributed by atoms with Gasteiger partial charge in [0, 0.05) is 23.2 Å². The maximum Gasteiger partial charge on any atom is 0.269 e. The normalized spacial score (nSPS) is 10.1. The Morgan fingerprint density at radius 2 is 1.94 bits per heavy atom. The number of rotatable bonds is 3. The van der Waals surface area contributed by atoms with Crippen molar-refractivity contribution < 1.29 is 4.92 Å². The highest BCUT2D eigenvalue weighted by Crippen LogP contribution is 2.27. The highest BCUT2D eigenvalue weighted by Gasteiger charge is 2.05. The molecule has 0 fully saturated rings. The Labute approximate surface area is 101 Å². The molecule has 1 aromatic carbocycles. The van der Waals surface area contributed by atoms with Gasteiger partial charge in [-0.2, -0.15) is 0 Å². The molecule has 0 aliphatic heterocycles. The summed E-state index contributed by atoms with van der Waals surface area (Å²) in [6, 6.07) is 7.96. The van der Waals surface area contributed by atoms with Gasteiger partial charge in [-0.1, -0.05) is 11.8 Å². The van der Waals surface area contributed by atoms with E-state index in [0.29, 0.717) is 5.03 Å². The third-order valence-electron chi connectivity index (χ3n) is 1.92. The molecule has 0 unspecified atom stereocenters.